The van der Waals surface area contributed by atoms with Crippen LogP contribution in [-0.4, -0.2) is 75.0 Å². The molecule has 0 radical (unpaired) electrons. The molecular weight excluding hydrogens is 344 g/mol. The van der Waals surface area contributed by atoms with E-state index in [1.165, 1.54) is 10.5 Å². The quantitative estimate of drug-likeness (QED) is 0.449. The van der Waals surface area contributed by atoms with Gasteiger partial charge in [-0.3, -0.25) is 4.99 Å². The summed E-state index contributed by atoms with van der Waals surface area (Å²) in [7, 11) is 6.42. The average molecular weight is 379 g/mol. The molecule has 1 aliphatic heterocycles. The van der Waals surface area contributed by atoms with Crippen LogP contribution < -0.4 is 5.32 Å². The third-order valence-corrected chi connectivity index (χ3v) is 5.91. The van der Waals surface area contributed by atoms with Crippen molar-refractivity contribution in [3.63, 3.8) is 0 Å². The molecule has 0 amide bonds. The van der Waals surface area contributed by atoms with Gasteiger partial charge in [-0.1, -0.05) is 12.1 Å². The van der Waals surface area contributed by atoms with E-state index in [1.54, 1.807) is 11.8 Å². The maximum absolute atomic E-state index is 5.57. The standard InChI is InChI=1S/C20H34N4OS/c1-6-21-19(22-16-20(23(2)3)11-13-25-14-12-20)24(4)15-17-7-9-18(26-5)10-8-17/h7-10H,6,11-16H2,1-5H3,(H,21,22). The van der Waals surface area contributed by atoms with Crippen LogP contribution in [0.4, 0.5) is 0 Å². The molecule has 2 rings (SSSR count). The summed E-state index contributed by atoms with van der Waals surface area (Å²) in [6.45, 7) is 6.27. The lowest BCUT2D eigenvalue weighted by molar-refractivity contribution is -0.00262. The van der Waals surface area contributed by atoms with Crippen molar-refractivity contribution in [1.82, 2.24) is 15.1 Å². The molecule has 1 aliphatic rings. The van der Waals surface area contributed by atoms with Crippen molar-refractivity contribution in [2.24, 2.45) is 4.99 Å². The summed E-state index contributed by atoms with van der Waals surface area (Å²) in [5.41, 5.74) is 1.39. The second-order valence-electron chi connectivity index (χ2n) is 7.11. The summed E-state index contributed by atoms with van der Waals surface area (Å²) in [6, 6.07) is 8.76. The lowest BCUT2D eigenvalue weighted by Crippen LogP contribution is -2.51. The minimum absolute atomic E-state index is 0.0970. The second kappa shape index (κ2) is 10.2. The number of hydrogen-bond acceptors (Lipinski definition) is 4. The molecule has 5 nitrogen and oxygen atoms in total. The number of rotatable bonds is 7. The number of hydrogen-bond donors (Lipinski definition) is 1. The molecule has 0 aliphatic carbocycles. The van der Waals surface area contributed by atoms with E-state index in [2.05, 4.69) is 73.7 Å². The first-order valence-electron chi connectivity index (χ1n) is 9.38. The van der Waals surface area contributed by atoms with Gasteiger partial charge in [0.1, 0.15) is 0 Å². The zero-order chi connectivity index (χ0) is 19.0. The van der Waals surface area contributed by atoms with Crippen LogP contribution in [0.3, 0.4) is 0 Å². The van der Waals surface area contributed by atoms with Crippen LogP contribution in [0.2, 0.25) is 0 Å². The van der Waals surface area contributed by atoms with E-state index in [4.69, 9.17) is 9.73 Å². The molecule has 6 heteroatoms. The highest BCUT2D eigenvalue weighted by molar-refractivity contribution is 7.98. The highest BCUT2D eigenvalue weighted by Crippen LogP contribution is 2.26. The van der Waals surface area contributed by atoms with Gasteiger partial charge in [0.05, 0.1) is 6.54 Å². The van der Waals surface area contributed by atoms with Crippen LogP contribution in [0.5, 0.6) is 0 Å². The number of likely N-dealkylation sites (N-methyl/N-ethyl adjacent to an activating group) is 1. The van der Waals surface area contributed by atoms with Crippen molar-refractivity contribution in [3.05, 3.63) is 29.8 Å². The Kier molecular flexibility index (Phi) is 8.25. The van der Waals surface area contributed by atoms with Gasteiger partial charge in [-0.25, -0.2) is 0 Å². The smallest absolute Gasteiger partial charge is 0.194 e. The van der Waals surface area contributed by atoms with Gasteiger partial charge in [-0.05, 0) is 57.8 Å². The summed E-state index contributed by atoms with van der Waals surface area (Å²) in [5.74, 6) is 0.967. The third-order valence-electron chi connectivity index (χ3n) is 5.17. The van der Waals surface area contributed by atoms with Crippen molar-refractivity contribution < 1.29 is 4.74 Å². The summed E-state index contributed by atoms with van der Waals surface area (Å²) >= 11 is 1.77. The molecule has 0 aromatic heterocycles. The number of guanidine groups is 1. The summed E-state index contributed by atoms with van der Waals surface area (Å²) in [5, 5.41) is 3.44. The van der Waals surface area contributed by atoms with E-state index < -0.39 is 0 Å². The Balaban J connectivity index is 2.08. The van der Waals surface area contributed by atoms with Crippen molar-refractivity contribution in [2.45, 2.75) is 36.7 Å². The van der Waals surface area contributed by atoms with Crippen LogP contribution in [0.15, 0.2) is 34.2 Å². The van der Waals surface area contributed by atoms with Gasteiger partial charge >= 0.3 is 0 Å². The maximum atomic E-state index is 5.57. The molecule has 146 valence electrons. The molecule has 1 saturated heterocycles. The molecule has 1 aromatic rings. The lowest BCUT2D eigenvalue weighted by atomic mass is 9.89. The van der Waals surface area contributed by atoms with Gasteiger partial charge in [0.15, 0.2) is 5.96 Å². The Morgan fingerprint density at radius 3 is 2.38 bits per heavy atom. The first-order valence-corrected chi connectivity index (χ1v) is 10.6. The van der Waals surface area contributed by atoms with E-state index in [0.29, 0.717) is 0 Å². The summed E-state index contributed by atoms with van der Waals surface area (Å²) in [4.78, 5) is 10.8. The van der Waals surface area contributed by atoms with Crippen molar-refractivity contribution in [3.8, 4) is 0 Å². The number of ether oxygens (including phenoxy) is 1. The first-order chi connectivity index (χ1) is 12.5. The van der Waals surface area contributed by atoms with Crippen LogP contribution in [0, 0.1) is 0 Å². The highest BCUT2D eigenvalue weighted by atomic mass is 32.2. The van der Waals surface area contributed by atoms with Gasteiger partial charge in [0, 0.05) is 43.8 Å². The topological polar surface area (TPSA) is 40.1 Å². The number of nitrogens with one attached hydrogen (secondary N) is 1. The fourth-order valence-electron chi connectivity index (χ4n) is 3.27. The Bertz CT molecular complexity index is 568. The Labute approximate surface area is 163 Å². The Morgan fingerprint density at radius 2 is 1.85 bits per heavy atom. The van der Waals surface area contributed by atoms with Crippen LogP contribution >= 0.6 is 11.8 Å². The van der Waals surface area contributed by atoms with Gasteiger partial charge in [-0.15, -0.1) is 11.8 Å². The largest absolute Gasteiger partial charge is 0.381 e. The van der Waals surface area contributed by atoms with Gasteiger partial charge in [-0.2, -0.15) is 0 Å². The average Bonchev–Trinajstić information content (AvgIpc) is 2.66. The van der Waals surface area contributed by atoms with E-state index >= 15 is 0 Å². The van der Waals surface area contributed by atoms with E-state index in [0.717, 1.165) is 51.6 Å². The minimum Gasteiger partial charge on any atom is -0.381 e. The molecule has 1 heterocycles. The fourth-order valence-corrected chi connectivity index (χ4v) is 3.68. The Hall–Kier alpha value is -1.24. The van der Waals surface area contributed by atoms with Crippen LogP contribution in [-0.2, 0) is 11.3 Å². The highest BCUT2D eigenvalue weighted by Gasteiger charge is 2.34. The second-order valence-corrected chi connectivity index (χ2v) is 7.99. The van der Waals surface area contributed by atoms with Gasteiger partial charge < -0.3 is 19.9 Å². The van der Waals surface area contributed by atoms with E-state index in [9.17, 15) is 0 Å². The molecule has 1 N–H and O–H groups in total. The van der Waals surface area contributed by atoms with Crippen molar-refractivity contribution in [2.75, 3.05) is 53.7 Å². The third kappa shape index (κ3) is 5.63. The SMILES string of the molecule is CCNC(=NCC1(N(C)C)CCOCC1)N(C)Cc1ccc(SC)cc1. The molecule has 1 fully saturated rings. The molecule has 0 unspecified atom stereocenters. The predicted octanol–water partition coefficient (Wildman–Crippen LogP) is 2.92. The van der Waals surface area contributed by atoms with E-state index in [1.807, 2.05) is 0 Å². The maximum Gasteiger partial charge on any atom is 0.194 e. The number of thioether (sulfide) groups is 1. The number of aliphatic imine (C=N–C) groups is 1. The minimum atomic E-state index is 0.0970. The van der Waals surface area contributed by atoms with Gasteiger partial charge in [0.25, 0.3) is 0 Å². The molecule has 0 saturated carbocycles. The number of nitrogens with zero attached hydrogens (tertiary/aromatic N) is 3. The molecule has 0 bridgehead atoms. The summed E-state index contributed by atoms with van der Waals surface area (Å²) in [6.07, 6.45) is 4.17. The van der Waals surface area contributed by atoms with Gasteiger partial charge in [0.2, 0.25) is 0 Å². The molecule has 0 spiro atoms. The van der Waals surface area contributed by atoms with E-state index in [-0.39, 0.29) is 5.54 Å². The normalized spacial score (nSPS) is 17.4. The van der Waals surface area contributed by atoms with Crippen LogP contribution in [0.1, 0.15) is 25.3 Å². The summed E-state index contributed by atoms with van der Waals surface area (Å²) < 4.78 is 5.57. The number of benzene rings is 1. The zero-order valence-electron chi connectivity index (χ0n) is 16.9. The predicted molar refractivity (Wildman–Crippen MR) is 112 cm³/mol. The molecular formula is C20H34N4OS. The monoisotopic (exact) mass is 378 g/mol. The molecule has 0 atom stereocenters. The van der Waals surface area contributed by atoms with Crippen LogP contribution in [0.25, 0.3) is 0 Å². The van der Waals surface area contributed by atoms with Crippen molar-refractivity contribution >= 4 is 17.7 Å². The molecule has 1 aromatic carbocycles. The fraction of sp³-hybridized carbons (Fsp3) is 0.650. The zero-order valence-corrected chi connectivity index (χ0v) is 17.7. The first kappa shape index (κ1) is 21.1. The lowest BCUT2D eigenvalue weighted by Gasteiger charge is -2.42. The van der Waals surface area contributed by atoms with Crippen molar-refractivity contribution in [1.29, 1.82) is 0 Å². The Morgan fingerprint density at radius 1 is 1.19 bits per heavy atom. The molecule has 26 heavy (non-hydrogen) atoms.